The van der Waals surface area contributed by atoms with Gasteiger partial charge in [0.15, 0.2) is 6.61 Å². The summed E-state index contributed by atoms with van der Waals surface area (Å²) in [6.07, 6.45) is -6.20. The van der Waals surface area contributed by atoms with Crippen LogP contribution in [0.2, 0.25) is 5.02 Å². The predicted octanol–water partition coefficient (Wildman–Crippen LogP) is 1.62. The number of halogens is 4. The van der Waals surface area contributed by atoms with Gasteiger partial charge in [0.25, 0.3) is 0 Å². The predicted molar refractivity (Wildman–Crippen MR) is 56.4 cm³/mol. The Hall–Kier alpha value is -1.83. The summed E-state index contributed by atoms with van der Waals surface area (Å²) in [5.41, 5.74) is 5.17. The van der Waals surface area contributed by atoms with Crippen LogP contribution in [0, 0.1) is 0 Å². The first-order chi connectivity index (χ1) is 8.19. The summed E-state index contributed by atoms with van der Waals surface area (Å²) in [7, 11) is 0. The van der Waals surface area contributed by atoms with Gasteiger partial charge in [-0.15, -0.1) is 0 Å². The number of ether oxygens (including phenoxy) is 1. The number of carbonyl (C=O) groups is 1. The van der Waals surface area contributed by atoms with Crippen molar-refractivity contribution < 1.29 is 27.8 Å². The minimum Gasteiger partial charge on any atom is -0.530 e. The van der Waals surface area contributed by atoms with Crippen molar-refractivity contribution in [2.75, 3.05) is 17.7 Å². The van der Waals surface area contributed by atoms with Crippen molar-refractivity contribution in [3.63, 3.8) is 0 Å². The third-order valence-electron chi connectivity index (χ3n) is 1.73. The lowest BCUT2D eigenvalue weighted by atomic mass is 10.2. The number of alkyl halides is 3. The first-order valence-corrected chi connectivity index (χ1v) is 4.83. The van der Waals surface area contributed by atoms with E-state index < -0.39 is 18.9 Å². The highest BCUT2D eigenvalue weighted by Gasteiger charge is 2.29. The van der Waals surface area contributed by atoms with E-state index in [1.54, 1.807) is 5.32 Å². The van der Waals surface area contributed by atoms with Crippen LogP contribution in [0.4, 0.5) is 29.3 Å². The molecule has 0 saturated carbocycles. The maximum atomic E-state index is 12.0. The van der Waals surface area contributed by atoms with Gasteiger partial charge in [0, 0.05) is 6.07 Å². The second-order valence-corrected chi connectivity index (χ2v) is 3.59. The third kappa shape index (κ3) is 4.21. The number of anilines is 2. The minimum atomic E-state index is -4.54. The zero-order valence-electron chi connectivity index (χ0n) is 8.68. The fourth-order valence-electron chi connectivity index (χ4n) is 1.06. The highest BCUT2D eigenvalue weighted by molar-refractivity contribution is 6.32. The summed E-state index contributed by atoms with van der Waals surface area (Å²) in [6, 6.07) is 2.01. The molecule has 0 aliphatic heterocycles. The molecule has 100 valence electrons. The number of benzene rings is 1. The lowest BCUT2D eigenvalue weighted by Crippen LogP contribution is -2.29. The van der Waals surface area contributed by atoms with Gasteiger partial charge in [-0.2, -0.15) is 13.2 Å². The normalized spacial score (nSPS) is 11.1. The van der Waals surface area contributed by atoms with Gasteiger partial charge in [0.1, 0.15) is 11.8 Å². The monoisotopic (exact) mass is 283 g/mol. The van der Waals surface area contributed by atoms with E-state index in [9.17, 15) is 23.1 Å². The molecule has 3 N–H and O–H groups in total. The highest BCUT2D eigenvalue weighted by Crippen LogP contribution is 2.33. The van der Waals surface area contributed by atoms with E-state index in [-0.39, 0.29) is 22.1 Å². The maximum absolute atomic E-state index is 12.0. The molecular weight excluding hydrogens is 277 g/mol. The standard InChI is InChI=1S/C9H8ClF3N2O3/c10-4-1-5(14)6(15-8(16)17)2-7(4)18-3-9(11,12)13/h1-2,15H,3,14H2,(H,16,17)/p-1. The number of carboxylic acid groups (broad SMARTS) is 1. The Balaban J connectivity index is 2.94. The van der Waals surface area contributed by atoms with E-state index in [0.717, 1.165) is 12.1 Å². The molecule has 1 amide bonds. The number of nitrogen functional groups attached to an aromatic ring is 1. The molecule has 0 radical (unpaired) electrons. The fourth-order valence-corrected chi connectivity index (χ4v) is 1.28. The first kappa shape index (κ1) is 14.2. The fraction of sp³-hybridized carbons (Fsp3) is 0.222. The Bertz CT molecular complexity index is 465. The summed E-state index contributed by atoms with van der Waals surface area (Å²) in [5, 5.41) is 11.9. The molecule has 0 bridgehead atoms. The van der Waals surface area contributed by atoms with Crippen LogP contribution in [0.5, 0.6) is 5.75 Å². The van der Waals surface area contributed by atoms with Gasteiger partial charge in [0.2, 0.25) is 0 Å². The number of nitrogens with one attached hydrogen (secondary N) is 1. The quantitative estimate of drug-likeness (QED) is 0.825. The van der Waals surface area contributed by atoms with Crippen LogP contribution in [-0.2, 0) is 0 Å². The average molecular weight is 284 g/mol. The Morgan fingerprint density at radius 2 is 2.11 bits per heavy atom. The molecule has 0 fully saturated rings. The Kier molecular flexibility index (Phi) is 4.12. The molecule has 1 aromatic carbocycles. The molecule has 9 heteroatoms. The highest BCUT2D eigenvalue weighted by atomic mass is 35.5. The molecule has 0 saturated heterocycles. The molecule has 5 nitrogen and oxygen atoms in total. The molecule has 0 aliphatic carbocycles. The molecule has 0 aromatic heterocycles. The summed E-state index contributed by atoms with van der Waals surface area (Å²) in [5.74, 6) is -0.341. The Morgan fingerprint density at radius 1 is 1.50 bits per heavy atom. The van der Waals surface area contributed by atoms with Gasteiger partial charge < -0.3 is 25.7 Å². The van der Waals surface area contributed by atoms with E-state index in [2.05, 4.69) is 4.74 Å². The molecule has 0 spiro atoms. The summed E-state index contributed by atoms with van der Waals surface area (Å²) >= 11 is 5.60. The second kappa shape index (κ2) is 5.21. The zero-order chi connectivity index (χ0) is 13.9. The Labute approximate surface area is 104 Å². The summed E-state index contributed by atoms with van der Waals surface area (Å²) in [6.45, 7) is -1.55. The molecule has 1 aromatic rings. The van der Waals surface area contributed by atoms with Crippen LogP contribution >= 0.6 is 11.6 Å². The first-order valence-electron chi connectivity index (χ1n) is 4.45. The molecule has 0 heterocycles. The van der Waals surface area contributed by atoms with Crippen LogP contribution in [0.1, 0.15) is 0 Å². The van der Waals surface area contributed by atoms with Crippen LogP contribution in [-0.4, -0.2) is 18.9 Å². The van der Waals surface area contributed by atoms with Crippen molar-refractivity contribution >= 4 is 29.1 Å². The maximum Gasteiger partial charge on any atom is 0.422 e. The van der Waals surface area contributed by atoms with Gasteiger partial charge in [-0.1, -0.05) is 11.6 Å². The lowest BCUT2D eigenvalue weighted by molar-refractivity contribution is -0.242. The molecule has 0 aliphatic rings. The van der Waals surface area contributed by atoms with Crippen molar-refractivity contribution in [1.29, 1.82) is 0 Å². The SMILES string of the molecule is Nc1cc(Cl)c(OCC(F)(F)F)cc1NC(=O)[O-]. The van der Waals surface area contributed by atoms with Gasteiger partial charge in [-0.3, -0.25) is 0 Å². The molecule has 0 unspecified atom stereocenters. The largest absolute Gasteiger partial charge is 0.530 e. The van der Waals surface area contributed by atoms with E-state index in [0.29, 0.717) is 0 Å². The molecular formula is C9H7ClF3N2O3-. The van der Waals surface area contributed by atoms with Gasteiger partial charge >= 0.3 is 6.18 Å². The van der Waals surface area contributed by atoms with Crippen LogP contribution in [0.15, 0.2) is 12.1 Å². The Morgan fingerprint density at radius 3 is 2.61 bits per heavy atom. The average Bonchev–Trinajstić information content (AvgIpc) is 2.18. The number of rotatable bonds is 3. The second-order valence-electron chi connectivity index (χ2n) is 3.19. The number of hydrogen-bond donors (Lipinski definition) is 2. The summed E-state index contributed by atoms with van der Waals surface area (Å²) in [4.78, 5) is 10.3. The minimum absolute atomic E-state index is 0.0661. The van der Waals surface area contributed by atoms with E-state index in [1.807, 2.05) is 0 Å². The summed E-state index contributed by atoms with van der Waals surface area (Å²) < 4.78 is 40.3. The van der Waals surface area contributed by atoms with Crippen LogP contribution < -0.4 is 20.9 Å². The van der Waals surface area contributed by atoms with Gasteiger partial charge in [-0.05, 0) is 6.07 Å². The number of carbonyl (C=O) groups excluding carboxylic acids is 1. The zero-order valence-corrected chi connectivity index (χ0v) is 9.43. The van der Waals surface area contributed by atoms with E-state index in [1.165, 1.54) is 0 Å². The van der Waals surface area contributed by atoms with Crippen molar-refractivity contribution in [2.45, 2.75) is 6.18 Å². The van der Waals surface area contributed by atoms with Crippen molar-refractivity contribution in [3.8, 4) is 5.75 Å². The number of amides is 1. The van der Waals surface area contributed by atoms with Gasteiger partial charge in [0.05, 0.1) is 16.4 Å². The number of hydrogen-bond acceptors (Lipinski definition) is 4. The van der Waals surface area contributed by atoms with Crippen molar-refractivity contribution in [2.24, 2.45) is 0 Å². The molecule has 1 rings (SSSR count). The van der Waals surface area contributed by atoms with Crippen LogP contribution in [0.25, 0.3) is 0 Å². The molecule has 0 atom stereocenters. The smallest absolute Gasteiger partial charge is 0.422 e. The molecule has 18 heavy (non-hydrogen) atoms. The van der Waals surface area contributed by atoms with Crippen molar-refractivity contribution in [3.05, 3.63) is 17.2 Å². The number of nitrogens with two attached hydrogens (primary N) is 1. The van der Waals surface area contributed by atoms with Crippen molar-refractivity contribution in [1.82, 2.24) is 0 Å². The lowest BCUT2D eigenvalue weighted by Gasteiger charge is -2.14. The topological polar surface area (TPSA) is 87.4 Å². The van der Waals surface area contributed by atoms with E-state index >= 15 is 0 Å². The third-order valence-corrected chi connectivity index (χ3v) is 2.03. The van der Waals surface area contributed by atoms with Gasteiger partial charge in [-0.25, -0.2) is 0 Å². The van der Waals surface area contributed by atoms with E-state index in [4.69, 9.17) is 17.3 Å². The van der Waals surface area contributed by atoms with Crippen LogP contribution in [0.3, 0.4) is 0 Å².